The third kappa shape index (κ3) is 10.1. The van der Waals surface area contributed by atoms with Gasteiger partial charge in [0.2, 0.25) is 11.8 Å². The lowest BCUT2D eigenvalue weighted by Crippen LogP contribution is -2.31. The number of anilines is 2. The van der Waals surface area contributed by atoms with Gasteiger partial charge in [0.25, 0.3) is 0 Å². The SMILES string of the molecule is Cn1cnnc1SC[C@@H]1C[C@H](c2ccc(CO)cc2)O[C@H](c2ccc(CNC(=O)CCCCCC(=O)Nc3ccccc3N)cc2)O1. The molecule has 1 fully saturated rings. The van der Waals surface area contributed by atoms with Crippen LogP contribution in [0.4, 0.5) is 11.4 Å². The first-order chi connectivity index (χ1) is 22.9. The normalized spacial score (nSPS) is 17.7. The molecule has 0 unspecified atom stereocenters. The van der Waals surface area contributed by atoms with Crippen LogP contribution in [0, 0.1) is 0 Å². The van der Waals surface area contributed by atoms with Gasteiger partial charge in [-0.3, -0.25) is 9.59 Å². The third-order valence-electron chi connectivity index (χ3n) is 7.97. The summed E-state index contributed by atoms with van der Waals surface area (Å²) in [6.45, 7) is 0.413. The van der Waals surface area contributed by atoms with E-state index in [2.05, 4.69) is 20.8 Å². The van der Waals surface area contributed by atoms with Crippen LogP contribution in [0.25, 0.3) is 0 Å². The highest BCUT2D eigenvalue weighted by atomic mass is 32.2. The molecule has 2 heterocycles. The number of rotatable bonds is 15. The van der Waals surface area contributed by atoms with Crippen LogP contribution in [0.2, 0.25) is 0 Å². The van der Waals surface area contributed by atoms with E-state index in [0.717, 1.165) is 33.8 Å². The second-order valence-electron chi connectivity index (χ2n) is 11.6. The number of carbonyl (C=O) groups is 2. The monoisotopic (exact) mass is 658 g/mol. The number of nitrogen functional groups attached to an aromatic ring is 1. The fourth-order valence-corrected chi connectivity index (χ4v) is 6.15. The van der Waals surface area contributed by atoms with Crippen molar-refractivity contribution in [3.63, 3.8) is 0 Å². The Labute approximate surface area is 279 Å². The number of nitrogens with one attached hydrogen (secondary N) is 2. The number of nitrogens with zero attached hydrogens (tertiary/aromatic N) is 3. The molecule has 11 nitrogen and oxygen atoms in total. The molecule has 0 aliphatic carbocycles. The maximum Gasteiger partial charge on any atom is 0.224 e. The van der Waals surface area contributed by atoms with E-state index < -0.39 is 6.29 Å². The van der Waals surface area contributed by atoms with Gasteiger partial charge < -0.3 is 35.5 Å². The highest BCUT2D eigenvalue weighted by Gasteiger charge is 2.32. The van der Waals surface area contributed by atoms with E-state index in [1.165, 1.54) is 0 Å². The molecule has 12 heteroatoms. The minimum Gasteiger partial charge on any atom is -0.397 e. The Kier molecular flexibility index (Phi) is 12.4. The molecule has 0 bridgehead atoms. The van der Waals surface area contributed by atoms with Crippen LogP contribution >= 0.6 is 11.8 Å². The van der Waals surface area contributed by atoms with Gasteiger partial charge in [-0.15, -0.1) is 10.2 Å². The minimum atomic E-state index is -0.563. The fraction of sp³-hybridized carbons (Fsp3) is 0.371. The standard InChI is InChI=1S/C35H42N6O5S/c1-41-23-38-40-35(41)47-22-28-19-31(26-15-13-25(21-42)14-16-26)46-34(45-28)27-17-11-24(12-18-27)20-37-32(43)9-3-2-4-10-33(44)39-30-8-6-5-7-29(30)36/h5-8,11-18,23,28,31,34,42H,2-4,9-10,19-22,36H2,1H3,(H,37,43)(H,39,44)/t28-,31+,34+/m0/s1. The Morgan fingerprint density at radius 3 is 2.34 bits per heavy atom. The zero-order chi connectivity index (χ0) is 33.0. The highest BCUT2D eigenvalue weighted by Crippen LogP contribution is 2.39. The van der Waals surface area contributed by atoms with Crippen molar-refractivity contribution in [2.75, 3.05) is 16.8 Å². The maximum atomic E-state index is 12.5. The topological polar surface area (TPSA) is 154 Å². The van der Waals surface area contributed by atoms with Gasteiger partial charge in [0.05, 0.1) is 30.2 Å². The number of thioether (sulfide) groups is 1. The fourth-order valence-electron chi connectivity index (χ4n) is 5.25. The van der Waals surface area contributed by atoms with Crippen LogP contribution in [0.3, 0.4) is 0 Å². The van der Waals surface area contributed by atoms with Gasteiger partial charge in [0, 0.05) is 44.2 Å². The van der Waals surface area contributed by atoms with Gasteiger partial charge in [0.1, 0.15) is 6.33 Å². The van der Waals surface area contributed by atoms with Crippen LogP contribution in [0.5, 0.6) is 0 Å². The summed E-state index contributed by atoms with van der Waals surface area (Å²) >= 11 is 1.60. The molecule has 248 valence electrons. The van der Waals surface area contributed by atoms with Crippen LogP contribution in [0.15, 0.2) is 84.3 Å². The van der Waals surface area contributed by atoms with Crippen molar-refractivity contribution in [3.8, 4) is 0 Å². The molecule has 1 saturated heterocycles. The lowest BCUT2D eigenvalue weighted by Gasteiger charge is -2.36. The molecule has 1 aliphatic heterocycles. The predicted octanol–water partition coefficient (Wildman–Crippen LogP) is 5.43. The Balaban J connectivity index is 1.08. The van der Waals surface area contributed by atoms with Gasteiger partial charge >= 0.3 is 0 Å². The van der Waals surface area contributed by atoms with Crippen LogP contribution in [-0.4, -0.2) is 43.5 Å². The molecule has 1 aromatic heterocycles. The first-order valence-electron chi connectivity index (χ1n) is 15.8. The molecule has 0 spiro atoms. The molecule has 0 radical (unpaired) electrons. The van der Waals surface area contributed by atoms with Crippen LogP contribution in [0.1, 0.15) is 73.2 Å². The summed E-state index contributed by atoms with van der Waals surface area (Å²) in [7, 11) is 1.92. The molecule has 3 aromatic carbocycles. The number of aromatic nitrogens is 3. The second kappa shape index (κ2) is 17.1. The van der Waals surface area contributed by atoms with Crippen LogP contribution in [-0.2, 0) is 39.3 Å². The molecule has 1 aliphatic rings. The van der Waals surface area contributed by atoms with E-state index in [4.69, 9.17) is 15.2 Å². The number of ether oxygens (including phenoxy) is 2. The van der Waals surface area contributed by atoms with E-state index in [-0.39, 0.29) is 30.6 Å². The van der Waals surface area contributed by atoms with Crippen molar-refractivity contribution in [2.24, 2.45) is 7.05 Å². The van der Waals surface area contributed by atoms with Crippen molar-refractivity contribution in [1.82, 2.24) is 20.1 Å². The first kappa shape index (κ1) is 34.1. The summed E-state index contributed by atoms with van der Waals surface area (Å²) in [4.78, 5) is 24.6. The van der Waals surface area contributed by atoms with E-state index in [1.807, 2.05) is 72.3 Å². The lowest BCUT2D eigenvalue weighted by atomic mass is 10.0. The van der Waals surface area contributed by atoms with Gasteiger partial charge in [-0.1, -0.05) is 78.8 Å². The van der Waals surface area contributed by atoms with Crippen molar-refractivity contribution >= 4 is 35.0 Å². The number of aryl methyl sites for hydroxylation is 1. The van der Waals surface area contributed by atoms with Crippen molar-refractivity contribution in [1.29, 1.82) is 0 Å². The maximum absolute atomic E-state index is 12.5. The molecular weight excluding hydrogens is 616 g/mol. The largest absolute Gasteiger partial charge is 0.397 e. The molecular formula is C35H42N6O5S. The number of nitrogens with two attached hydrogens (primary N) is 1. The lowest BCUT2D eigenvalue weighted by molar-refractivity contribution is -0.245. The first-order valence-corrected chi connectivity index (χ1v) is 16.8. The minimum absolute atomic E-state index is 0.00643. The number of amides is 2. The number of benzene rings is 3. The summed E-state index contributed by atoms with van der Waals surface area (Å²) in [5, 5.41) is 24.2. The van der Waals surface area contributed by atoms with Gasteiger partial charge in [0.15, 0.2) is 11.4 Å². The number of aliphatic hydroxyl groups is 1. The zero-order valence-corrected chi connectivity index (χ0v) is 27.3. The Morgan fingerprint density at radius 1 is 0.936 bits per heavy atom. The molecule has 2 amide bonds. The number of para-hydroxylation sites is 2. The third-order valence-corrected chi connectivity index (χ3v) is 9.13. The zero-order valence-electron chi connectivity index (χ0n) is 26.5. The molecule has 5 N–H and O–H groups in total. The van der Waals surface area contributed by atoms with Crippen molar-refractivity contribution in [2.45, 2.75) is 75.3 Å². The molecule has 4 aromatic rings. The van der Waals surface area contributed by atoms with Gasteiger partial charge in [-0.25, -0.2) is 0 Å². The quantitative estimate of drug-likeness (QED) is 0.0744. The van der Waals surface area contributed by atoms with Crippen molar-refractivity contribution in [3.05, 3.63) is 101 Å². The number of hydrogen-bond acceptors (Lipinski definition) is 9. The molecule has 47 heavy (non-hydrogen) atoms. The van der Waals surface area contributed by atoms with E-state index >= 15 is 0 Å². The van der Waals surface area contributed by atoms with E-state index in [0.29, 0.717) is 55.8 Å². The number of aliphatic hydroxyl groups excluding tert-OH is 1. The molecule has 5 rings (SSSR count). The highest BCUT2D eigenvalue weighted by molar-refractivity contribution is 7.99. The Bertz CT molecular complexity index is 1600. The van der Waals surface area contributed by atoms with E-state index in [1.54, 1.807) is 30.2 Å². The molecule has 0 saturated carbocycles. The summed E-state index contributed by atoms with van der Waals surface area (Å²) in [5.41, 5.74) is 10.8. The van der Waals surface area contributed by atoms with Crippen LogP contribution < -0.4 is 16.4 Å². The number of unbranched alkanes of at least 4 members (excludes halogenated alkanes) is 2. The van der Waals surface area contributed by atoms with Gasteiger partial charge in [-0.2, -0.15) is 0 Å². The number of hydrogen-bond donors (Lipinski definition) is 4. The van der Waals surface area contributed by atoms with Gasteiger partial charge in [-0.05, 0) is 41.7 Å². The summed E-state index contributed by atoms with van der Waals surface area (Å²) in [5.74, 6) is 0.592. The second-order valence-corrected chi connectivity index (χ2v) is 12.6. The Hall–Kier alpha value is -4.23. The number of carbonyl (C=O) groups excluding carboxylic acids is 2. The smallest absolute Gasteiger partial charge is 0.224 e. The predicted molar refractivity (Wildman–Crippen MR) is 181 cm³/mol. The summed E-state index contributed by atoms with van der Waals surface area (Å²) in [6.07, 6.45) is 4.52. The average molecular weight is 659 g/mol. The average Bonchev–Trinajstić information content (AvgIpc) is 3.51. The summed E-state index contributed by atoms with van der Waals surface area (Å²) < 4.78 is 14.7. The van der Waals surface area contributed by atoms with E-state index in [9.17, 15) is 14.7 Å². The summed E-state index contributed by atoms with van der Waals surface area (Å²) in [6, 6.07) is 22.9. The van der Waals surface area contributed by atoms with Crippen molar-refractivity contribution < 1.29 is 24.2 Å². The Morgan fingerprint density at radius 2 is 1.64 bits per heavy atom. The molecule has 3 atom stereocenters.